The number of nitrogens with zero attached hydrogens (tertiary/aromatic N) is 1. The van der Waals surface area contributed by atoms with Crippen LogP contribution in [0.1, 0.15) is 18.9 Å². The van der Waals surface area contributed by atoms with Gasteiger partial charge in [0, 0.05) is 18.8 Å². The molecule has 0 aliphatic heterocycles. The molecule has 0 radical (unpaired) electrons. The van der Waals surface area contributed by atoms with E-state index in [4.69, 9.17) is 5.14 Å². The number of hydrogen-bond donors (Lipinski definition) is 3. The zero-order valence-electron chi connectivity index (χ0n) is 15.9. The normalized spacial score (nSPS) is 12.4. The Hall–Kier alpha value is -2.42. The molecule has 1 amide bonds. The van der Waals surface area contributed by atoms with Gasteiger partial charge in [0.25, 0.3) is 0 Å². The molecule has 0 heterocycles. The second-order valence-electron chi connectivity index (χ2n) is 6.57. The quantitative estimate of drug-likeness (QED) is 0.551. The van der Waals surface area contributed by atoms with E-state index in [1.165, 1.54) is 12.1 Å². The topological polar surface area (TPSA) is 113 Å². The van der Waals surface area contributed by atoms with Crippen LogP contribution in [-0.4, -0.2) is 45.2 Å². The lowest BCUT2D eigenvalue weighted by Crippen LogP contribution is -2.41. The molecule has 0 aliphatic rings. The van der Waals surface area contributed by atoms with Gasteiger partial charge >= 0.3 is 0 Å². The predicted octanol–water partition coefficient (Wildman–Crippen LogP) is 1.27. The van der Waals surface area contributed by atoms with E-state index in [2.05, 4.69) is 5.32 Å². The van der Waals surface area contributed by atoms with Crippen molar-refractivity contribution in [1.29, 1.82) is 0 Å². The molecule has 7 nitrogen and oxygen atoms in total. The molecule has 2 rings (SSSR count). The summed E-state index contributed by atoms with van der Waals surface area (Å²) >= 11 is 0. The summed E-state index contributed by atoms with van der Waals surface area (Å²) in [4.78, 5) is 14.3. The van der Waals surface area contributed by atoms with Gasteiger partial charge in [-0.3, -0.25) is 4.79 Å². The highest BCUT2D eigenvalue weighted by Gasteiger charge is 2.15. The number of aliphatic hydroxyl groups is 1. The van der Waals surface area contributed by atoms with Crippen LogP contribution in [-0.2, 0) is 21.2 Å². The zero-order chi connectivity index (χ0) is 20.6. The fraction of sp³-hybridized carbons (Fsp3) is 0.350. The number of amides is 1. The van der Waals surface area contributed by atoms with Crippen LogP contribution >= 0.6 is 0 Å². The maximum atomic E-state index is 12.3. The number of hydrogen-bond acceptors (Lipinski definition) is 5. The number of anilines is 1. The number of primary sulfonamides is 1. The molecule has 2 aromatic rings. The summed E-state index contributed by atoms with van der Waals surface area (Å²) in [5, 5.41) is 17.9. The van der Waals surface area contributed by atoms with Crippen LogP contribution in [0.3, 0.4) is 0 Å². The van der Waals surface area contributed by atoms with E-state index < -0.39 is 16.1 Å². The highest BCUT2D eigenvalue weighted by atomic mass is 32.2. The summed E-state index contributed by atoms with van der Waals surface area (Å²) in [5.41, 5.74) is 1.78. The second kappa shape index (κ2) is 10.2. The average molecular weight is 406 g/mol. The molecule has 0 aliphatic carbocycles. The lowest BCUT2D eigenvalue weighted by molar-refractivity contribution is -0.119. The molecule has 0 fully saturated rings. The van der Waals surface area contributed by atoms with Crippen LogP contribution in [0, 0.1) is 0 Å². The van der Waals surface area contributed by atoms with Crippen molar-refractivity contribution in [2.24, 2.45) is 5.14 Å². The van der Waals surface area contributed by atoms with Gasteiger partial charge in [-0.15, -0.1) is 0 Å². The Labute approximate surface area is 166 Å². The maximum Gasteiger partial charge on any atom is 0.239 e. The van der Waals surface area contributed by atoms with E-state index >= 15 is 0 Å². The van der Waals surface area contributed by atoms with Crippen molar-refractivity contribution in [2.75, 3.05) is 24.5 Å². The fourth-order valence-corrected chi connectivity index (χ4v) is 3.22. The van der Waals surface area contributed by atoms with Gasteiger partial charge in [0.2, 0.25) is 15.9 Å². The first-order valence-electron chi connectivity index (χ1n) is 9.16. The van der Waals surface area contributed by atoms with Crippen molar-refractivity contribution < 1.29 is 18.3 Å². The Morgan fingerprint density at radius 3 is 2.36 bits per heavy atom. The summed E-state index contributed by atoms with van der Waals surface area (Å²) < 4.78 is 22.5. The minimum atomic E-state index is -3.70. The van der Waals surface area contributed by atoms with Crippen molar-refractivity contribution in [1.82, 2.24) is 5.32 Å². The average Bonchev–Trinajstić information content (AvgIpc) is 2.67. The molecule has 4 N–H and O–H groups in total. The van der Waals surface area contributed by atoms with Gasteiger partial charge in [0.15, 0.2) is 0 Å². The molecule has 152 valence electrons. The van der Waals surface area contributed by atoms with Gasteiger partial charge in [0.05, 0.1) is 17.5 Å². The van der Waals surface area contributed by atoms with Gasteiger partial charge in [-0.05, 0) is 42.7 Å². The third-order valence-corrected chi connectivity index (χ3v) is 5.28. The first kappa shape index (κ1) is 21.9. The van der Waals surface area contributed by atoms with Gasteiger partial charge in [-0.1, -0.05) is 37.3 Å². The molecular weight excluding hydrogens is 378 g/mol. The van der Waals surface area contributed by atoms with Crippen LogP contribution in [0.2, 0.25) is 0 Å². The molecule has 2 aromatic carbocycles. The minimum Gasteiger partial charge on any atom is -0.391 e. The summed E-state index contributed by atoms with van der Waals surface area (Å²) in [6.45, 7) is 2.84. The Kier molecular flexibility index (Phi) is 7.98. The third kappa shape index (κ3) is 6.95. The molecule has 28 heavy (non-hydrogen) atoms. The van der Waals surface area contributed by atoms with Crippen molar-refractivity contribution >= 4 is 21.6 Å². The lowest BCUT2D eigenvalue weighted by atomic mass is 10.1. The molecule has 1 unspecified atom stereocenters. The molecule has 1 atom stereocenters. The fourth-order valence-electron chi connectivity index (χ4n) is 2.70. The Morgan fingerprint density at radius 1 is 1.14 bits per heavy atom. The highest BCUT2D eigenvalue weighted by Crippen LogP contribution is 2.14. The van der Waals surface area contributed by atoms with E-state index in [1.54, 1.807) is 12.1 Å². The van der Waals surface area contributed by atoms with E-state index in [-0.39, 0.29) is 17.3 Å². The number of benzene rings is 2. The molecule has 8 heteroatoms. The highest BCUT2D eigenvalue weighted by molar-refractivity contribution is 7.89. The van der Waals surface area contributed by atoms with Gasteiger partial charge in [-0.2, -0.15) is 0 Å². The number of nitrogens with two attached hydrogens (primary N) is 1. The van der Waals surface area contributed by atoms with Crippen molar-refractivity contribution in [3.05, 3.63) is 60.2 Å². The monoisotopic (exact) mass is 405 g/mol. The van der Waals surface area contributed by atoms with Crippen molar-refractivity contribution in [3.63, 3.8) is 0 Å². The van der Waals surface area contributed by atoms with E-state index in [9.17, 15) is 18.3 Å². The molecule has 0 aromatic heterocycles. The lowest BCUT2D eigenvalue weighted by Gasteiger charge is -2.26. The van der Waals surface area contributed by atoms with Crippen LogP contribution in [0.5, 0.6) is 0 Å². The number of carbonyl (C=O) groups is 1. The van der Waals surface area contributed by atoms with Crippen LogP contribution in [0.15, 0.2) is 59.5 Å². The first-order chi connectivity index (χ1) is 13.3. The molecule has 0 spiro atoms. The van der Waals surface area contributed by atoms with E-state index in [0.29, 0.717) is 25.9 Å². The third-order valence-electron chi connectivity index (χ3n) is 4.35. The largest absolute Gasteiger partial charge is 0.391 e. The minimum absolute atomic E-state index is 0.0632. The Morgan fingerprint density at radius 2 is 1.79 bits per heavy atom. The summed E-state index contributed by atoms with van der Waals surface area (Å²) in [7, 11) is -3.70. The van der Waals surface area contributed by atoms with E-state index in [1.807, 2.05) is 42.2 Å². The summed E-state index contributed by atoms with van der Waals surface area (Å²) in [5.74, 6) is -0.145. The van der Waals surface area contributed by atoms with E-state index in [0.717, 1.165) is 11.3 Å². The Balaban J connectivity index is 1.88. The molecular formula is C20H27N3O4S. The predicted molar refractivity (Wildman–Crippen MR) is 109 cm³/mol. The summed E-state index contributed by atoms with van der Waals surface area (Å²) in [6, 6.07) is 15.8. The number of sulfonamides is 1. The smallest absolute Gasteiger partial charge is 0.239 e. The Bertz CT molecular complexity index is 855. The second-order valence-corrected chi connectivity index (χ2v) is 8.13. The number of nitrogens with one attached hydrogen (secondary N) is 1. The number of carbonyl (C=O) groups excluding carboxylic acids is 1. The first-order valence-corrected chi connectivity index (χ1v) is 10.7. The number of rotatable bonds is 10. The number of para-hydroxylation sites is 1. The molecule has 0 saturated heterocycles. The molecule has 0 bridgehead atoms. The SMILES string of the molecule is CCC(O)CN(CC(=O)NCCc1ccc(S(N)(=O)=O)cc1)c1ccccc1. The van der Waals surface area contributed by atoms with Crippen molar-refractivity contribution in [3.8, 4) is 0 Å². The standard InChI is InChI=1S/C20H27N3O4S/c1-2-18(24)14-23(17-6-4-3-5-7-17)15-20(25)22-13-12-16-8-10-19(11-9-16)28(21,26)27/h3-11,18,24H,2,12-15H2,1H3,(H,22,25)(H2,21,26,27). The molecule has 0 saturated carbocycles. The van der Waals surface area contributed by atoms with Crippen LogP contribution in [0.4, 0.5) is 5.69 Å². The maximum absolute atomic E-state index is 12.3. The van der Waals surface area contributed by atoms with Crippen molar-refractivity contribution in [2.45, 2.75) is 30.8 Å². The zero-order valence-corrected chi connectivity index (χ0v) is 16.7. The van der Waals surface area contributed by atoms with Crippen LogP contribution in [0.25, 0.3) is 0 Å². The van der Waals surface area contributed by atoms with Gasteiger partial charge in [0.1, 0.15) is 0 Å². The summed E-state index contributed by atoms with van der Waals surface area (Å²) in [6.07, 6.45) is 0.671. The number of aliphatic hydroxyl groups excluding tert-OH is 1. The van der Waals surface area contributed by atoms with Crippen LogP contribution < -0.4 is 15.4 Å². The van der Waals surface area contributed by atoms with Gasteiger partial charge < -0.3 is 15.3 Å². The van der Waals surface area contributed by atoms with Gasteiger partial charge in [-0.25, -0.2) is 13.6 Å².